The van der Waals surface area contributed by atoms with Gasteiger partial charge < -0.3 is 10.5 Å². The van der Waals surface area contributed by atoms with Crippen LogP contribution in [0, 0.1) is 20.8 Å². The molecule has 0 radical (unpaired) electrons. The maximum absolute atomic E-state index is 6.79. The average Bonchev–Trinajstić information content (AvgIpc) is 3.23. The van der Waals surface area contributed by atoms with Crippen molar-refractivity contribution in [3.63, 3.8) is 0 Å². The molecule has 1 heterocycles. The number of anilines is 1. The Labute approximate surface area is 157 Å². The van der Waals surface area contributed by atoms with E-state index in [0.717, 1.165) is 24.3 Å². The van der Waals surface area contributed by atoms with Crippen LogP contribution in [-0.4, -0.2) is 5.60 Å². The van der Waals surface area contributed by atoms with E-state index in [0.29, 0.717) is 11.8 Å². The van der Waals surface area contributed by atoms with Gasteiger partial charge in [0.25, 0.3) is 0 Å². The third-order valence-corrected chi connectivity index (χ3v) is 6.87. The molecule has 138 valence electrons. The molecule has 26 heavy (non-hydrogen) atoms. The first-order valence-electron chi connectivity index (χ1n) is 10.0. The van der Waals surface area contributed by atoms with E-state index in [1.165, 1.54) is 46.2 Å². The highest BCUT2D eigenvalue weighted by atomic mass is 16.5. The molecule has 0 aromatic heterocycles. The summed E-state index contributed by atoms with van der Waals surface area (Å²) in [4.78, 5) is 0. The molecule has 1 fully saturated rings. The minimum absolute atomic E-state index is 0.0859. The van der Waals surface area contributed by atoms with Crippen LogP contribution in [0.4, 0.5) is 5.69 Å². The highest BCUT2D eigenvalue weighted by Crippen LogP contribution is 2.58. The van der Waals surface area contributed by atoms with Crippen molar-refractivity contribution in [2.24, 2.45) is 0 Å². The maximum Gasteiger partial charge on any atom is 0.127 e. The molecule has 1 spiro atoms. The number of hydrogen-bond donors (Lipinski definition) is 1. The van der Waals surface area contributed by atoms with Crippen molar-refractivity contribution in [3.8, 4) is 5.75 Å². The van der Waals surface area contributed by atoms with E-state index in [-0.39, 0.29) is 5.60 Å². The Morgan fingerprint density at radius 1 is 0.962 bits per heavy atom. The van der Waals surface area contributed by atoms with Crippen LogP contribution in [0.2, 0.25) is 0 Å². The van der Waals surface area contributed by atoms with Crippen LogP contribution in [0.3, 0.4) is 0 Å². The number of fused-ring (bicyclic) bond motifs is 1. The predicted molar refractivity (Wildman–Crippen MR) is 109 cm³/mol. The van der Waals surface area contributed by atoms with E-state index in [1.807, 2.05) is 0 Å². The third kappa shape index (κ3) is 2.38. The van der Waals surface area contributed by atoms with Gasteiger partial charge in [0, 0.05) is 11.3 Å². The minimum Gasteiger partial charge on any atom is -0.486 e. The van der Waals surface area contributed by atoms with E-state index >= 15 is 0 Å². The van der Waals surface area contributed by atoms with Gasteiger partial charge in [-0.2, -0.15) is 0 Å². The van der Waals surface area contributed by atoms with E-state index in [4.69, 9.17) is 10.5 Å². The summed E-state index contributed by atoms with van der Waals surface area (Å²) < 4.78 is 6.79. The number of nitrogen functional groups attached to an aromatic ring is 1. The smallest absolute Gasteiger partial charge is 0.127 e. The van der Waals surface area contributed by atoms with E-state index in [9.17, 15) is 0 Å². The average molecular weight is 350 g/mol. The zero-order chi connectivity index (χ0) is 18.6. The molecule has 4 rings (SSSR count). The Bertz CT molecular complexity index is 842. The lowest BCUT2D eigenvalue weighted by atomic mass is 9.75. The molecule has 1 aliphatic heterocycles. The second kappa shape index (κ2) is 6.04. The van der Waals surface area contributed by atoms with Crippen LogP contribution in [0.15, 0.2) is 24.3 Å². The number of benzene rings is 2. The van der Waals surface area contributed by atoms with E-state index in [2.05, 4.69) is 58.9 Å². The second-order valence-electron chi connectivity index (χ2n) is 8.66. The quantitative estimate of drug-likeness (QED) is 0.659. The molecule has 2 aromatic rings. The summed E-state index contributed by atoms with van der Waals surface area (Å²) in [6.07, 6.45) is 4.77. The third-order valence-electron chi connectivity index (χ3n) is 6.87. The number of hydrogen-bond acceptors (Lipinski definition) is 2. The summed E-state index contributed by atoms with van der Waals surface area (Å²) in [5, 5.41) is 0. The number of ether oxygens (including phenoxy) is 1. The first-order chi connectivity index (χ1) is 12.4. The van der Waals surface area contributed by atoms with Crippen LogP contribution >= 0.6 is 0 Å². The van der Waals surface area contributed by atoms with E-state index in [1.54, 1.807) is 0 Å². The van der Waals surface area contributed by atoms with Gasteiger partial charge in [0.2, 0.25) is 0 Å². The molecule has 0 amide bonds. The zero-order valence-corrected chi connectivity index (χ0v) is 16.8. The second-order valence-corrected chi connectivity index (χ2v) is 8.66. The van der Waals surface area contributed by atoms with Gasteiger partial charge in [-0.25, -0.2) is 0 Å². The van der Waals surface area contributed by atoms with Gasteiger partial charge in [0.05, 0.1) is 5.92 Å². The molecule has 0 bridgehead atoms. The van der Waals surface area contributed by atoms with Crippen molar-refractivity contribution in [2.75, 3.05) is 5.73 Å². The normalized spacial score (nSPS) is 20.6. The number of rotatable bonds is 2. The maximum atomic E-state index is 6.79. The Balaban J connectivity index is 1.92. The summed E-state index contributed by atoms with van der Waals surface area (Å²) >= 11 is 0. The lowest BCUT2D eigenvalue weighted by Gasteiger charge is -2.31. The van der Waals surface area contributed by atoms with Crippen molar-refractivity contribution < 1.29 is 4.74 Å². The fraction of sp³-hybridized carbons (Fsp3) is 0.500. The first kappa shape index (κ1) is 17.5. The molecule has 1 atom stereocenters. The van der Waals surface area contributed by atoms with Crippen LogP contribution in [0.25, 0.3) is 0 Å². The molecule has 2 nitrogen and oxygen atoms in total. The monoisotopic (exact) mass is 349 g/mol. The highest BCUT2D eigenvalue weighted by Gasteiger charge is 2.52. The summed E-state index contributed by atoms with van der Waals surface area (Å²) in [5.74, 6) is 1.95. The lowest BCUT2D eigenvalue weighted by molar-refractivity contribution is 0.0864. The van der Waals surface area contributed by atoms with Crippen LogP contribution in [0.1, 0.15) is 84.7 Å². The van der Waals surface area contributed by atoms with Crippen molar-refractivity contribution in [1.29, 1.82) is 0 Å². The van der Waals surface area contributed by atoms with Crippen LogP contribution in [-0.2, 0) is 0 Å². The van der Waals surface area contributed by atoms with Gasteiger partial charge in [0.1, 0.15) is 11.4 Å². The fourth-order valence-corrected chi connectivity index (χ4v) is 5.08. The molecule has 1 saturated carbocycles. The molecule has 1 aliphatic carbocycles. The number of nitrogens with two attached hydrogens (primary N) is 1. The molecular weight excluding hydrogens is 318 g/mol. The highest BCUT2D eigenvalue weighted by molar-refractivity contribution is 5.69. The summed E-state index contributed by atoms with van der Waals surface area (Å²) in [6.45, 7) is 11.0. The summed E-state index contributed by atoms with van der Waals surface area (Å²) in [6, 6.07) is 9.23. The molecule has 1 unspecified atom stereocenters. The van der Waals surface area contributed by atoms with Gasteiger partial charge in [-0.15, -0.1) is 0 Å². The minimum atomic E-state index is -0.0859. The summed E-state index contributed by atoms with van der Waals surface area (Å²) in [5.41, 5.74) is 15.0. The molecular formula is C24H31NO. The van der Waals surface area contributed by atoms with Crippen LogP contribution < -0.4 is 10.5 Å². The summed E-state index contributed by atoms with van der Waals surface area (Å²) in [7, 11) is 0. The molecule has 2 N–H and O–H groups in total. The molecule has 0 saturated heterocycles. The lowest BCUT2D eigenvalue weighted by Crippen LogP contribution is -2.35. The largest absolute Gasteiger partial charge is 0.486 e. The zero-order valence-electron chi connectivity index (χ0n) is 16.8. The topological polar surface area (TPSA) is 35.2 Å². The Kier molecular flexibility index (Phi) is 4.06. The molecule has 2 aromatic carbocycles. The van der Waals surface area contributed by atoms with Gasteiger partial charge >= 0.3 is 0 Å². The molecule has 2 heteroatoms. The Morgan fingerprint density at radius 2 is 1.58 bits per heavy atom. The van der Waals surface area contributed by atoms with Gasteiger partial charge in [-0.05, 0) is 80.2 Å². The van der Waals surface area contributed by atoms with Crippen molar-refractivity contribution in [3.05, 3.63) is 57.6 Å². The SMILES string of the molecule is Cc1c(C)c2c(c(C)c1N)C(c1ccc(C(C)C)cc1)C1(CCCC1)O2. The standard InChI is InChI=1S/C24H31NO/c1-14(2)18-8-10-19(11-9-18)21-20-17(5)22(25)15(3)16(4)23(20)26-24(21)12-6-7-13-24/h8-11,14,21H,6-7,12-13,25H2,1-5H3. The van der Waals surface area contributed by atoms with Gasteiger partial charge in [0.15, 0.2) is 0 Å². The fourth-order valence-electron chi connectivity index (χ4n) is 5.08. The Hall–Kier alpha value is -1.96. The molecule has 2 aliphatic rings. The van der Waals surface area contributed by atoms with Crippen molar-refractivity contribution in [2.45, 2.75) is 77.7 Å². The van der Waals surface area contributed by atoms with Gasteiger partial charge in [-0.1, -0.05) is 38.1 Å². The Morgan fingerprint density at radius 3 is 2.15 bits per heavy atom. The van der Waals surface area contributed by atoms with Gasteiger partial charge in [-0.3, -0.25) is 0 Å². The first-order valence-corrected chi connectivity index (χ1v) is 10.0. The van der Waals surface area contributed by atoms with Crippen molar-refractivity contribution >= 4 is 5.69 Å². The van der Waals surface area contributed by atoms with Crippen molar-refractivity contribution in [1.82, 2.24) is 0 Å². The van der Waals surface area contributed by atoms with E-state index < -0.39 is 0 Å². The predicted octanol–water partition coefficient (Wildman–Crippen LogP) is 6.15. The van der Waals surface area contributed by atoms with Crippen LogP contribution in [0.5, 0.6) is 5.75 Å².